The standard InChI is InChI=1S/C52H34N8/c1-6-17-35(18-7-1)41-32-47(42-27-16-28-43(54-42)52-59-50(38-23-12-4-13-24-38)58-51(60-52)39-25-14-5-15-26-39)55-48(33-41)46-31-40(29-30-53-46)45-34-44(36-19-8-2-9-20-36)56-49(57-45)37-21-10-3-11-22-37/h1-34H. The maximum absolute atomic E-state index is 5.22. The second-order valence-electron chi connectivity index (χ2n) is 14.1. The quantitative estimate of drug-likeness (QED) is 0.143. The number of hydrogen-bond donors (Lipinski definition) is 0. The highest BCUT2D eigenvalue weighted by Gasteiger charge is 2.17. The Kier molecular flexibility index (Phi) is 9.75. The summed E-state index contributed by atoms with van der Waals surface area (Å²) in [6.07, 6.45) is 1.81. The summed E-state index contributed by atoms with van der Waals surface area (Å²) in [7, 11) is 0. The summed E-state index contributed by atoms with van der Waals surface area (Å²) < 4.78 is 0. The van der Waals surface area contributed by atoms with E-state index in [2.05, 4.69) is 36.4 Å². The number of pyridine rings is 3. The molecule has 0 aliphatic heterocycles. The first kappa shape index (κ1) is 36.0. The van der Waals surface area contributed by atoms with E-state index in [0.717, 1.165) is 50.3 Å². The summed E-state index contributed by atoms with van der Waals surface area (Å²) in [5, 5.41) is 0. The maximum Gasteiger partial charge on any atom is 0.182 e. The SMILES string of the molecule is c1ccc(-c2cc(-c3cc(-c4cc(-c5ccccc5)nc(-c5ccccc5)n4)ccn3)nc(-c3cccc(-c4nc(-c5ccccc5)nc(-c5ccccc5)n4)n3)c2)cc1. The number of hydrogen-bond acceptors (Lipinski definition) is 8. The van der Waals surface area contributed by atoms with E-state index in [1.165, 1.54) is 0 Å². The van der Waals surface area contributed by atoms with Crippen molar-refractivity contribution in [3.63, 3.8) is 0 Å². The van der Waals surface area contributed by atoms with Crippen LogP contribution in [-0.2, 0) is 0 Å². The Hall–Kier alpha value is -8.36. The van der Waals surface area contributed by atoms with Crippen molar-refractivity contribution in [2.75, 3.05) is 0 Å². The third kappa shape index (κ3) is 7.68. The minimum Gasteiger partial charge on any atom is -0.255 e. The molecule has 0 N–H and O–H groups in total. The maximum atomic E-state index is 5.22. The lowest BCUT2D eigenvalue weighted by Gasteiger charge is -2.12. The predicted octanol–water partition coefficient (Wildman–Crippen LogP) is 11.8. The molecule has 10 rings (SSSR count). The molecule has 0 saturated carbocycles. The number of benzene rings is 5. The molecular formula is C52H34N8. The van der Waals surface area contributed by atoms with Crippen molar-refractivity contribution < 1.29 is 0 Å². The Morgan fingerprint density at radius 1 is 0.200 bits per heavy atom. The molecule has 8 nitrogen and oxygen atoms in total. The molecule has 0 radical (unpaired) electrons. The summed E-state index contributed by atoms with van der Waals surface area (Å²) in [5.74, 6) is 2.25. The zero-order valence-corrected chi connectivity index (χ0v) is 32.2. The van der Waals surface area contributed by atoms with E-state index in [9.17, 15) is 0 Å². The number of aromatic nitrogens is 8. The summed E-state index contributed by atoms with van der Waals surface area (Å²) in [4.78, 5) is 40.0. The lowest BCUT2D eigenvalue weighted by molar-refractivity contribution is 1.06. The normalized spacial score (nSPS) is 11.0. The first-order valence-electron chi connectivity index (χ1n) is 19.6. The fourth-order valence-electron chi connectivity index (χ4n) is 7.01. The Morgan fingerprint density at radius 2 is 0.617 bits per heavy atom. The highest BCUT2D eigenvalue weighted by Crippen LogP contribution is 2.33. The van der Waals surface area contributed by atoms with Gasteiger partial charge in [-0.3, -0.25) is 4.98 Å². The first-order valence-corrected chi connectivity index (χ1v) is 19.6. The van der Waals surface area contributed by atoms with Gasteiger partial charge in [0.15, 0.2) is 23.3 Å². The van der Waals surface area contributed by atoms with Crippen LogP contribution in [0.4, 0.5) is 0 Å². The molecule has 0 atom stereocenters. The second-order valence-corrected chi connectivity index (χ2v) is 14.1. The van der Waals surface area contributed by atoms with Crippen molar-refractivity contribution in [2.24, 2.45) is 0 Å². The van der Waals surface area contributed by atoms with Crippen LogP contribution >= 0.6 is 0 Å². The average Bonchev–Trinajstić information content (AvgIpc) is 3.35. The molecule has 5 aromatic carbocycles. The van der Waals surface area contributed by atoms with E-state index in [0.29, 0.717) is 51.8 Å². The smallest absolute Gasteiger partial charge is 0.182 e. The zero-order chi connectivity index (χ0) is 40.1. The molecule has 282 valence electrons. The molecule has 0 aliphatic carbocycles. The van der Waals surface area contributed by atoms with Gasteiger partial charge in [-0.25, -0.2) is 34.9 Å². The van der Waals surface area contributed by atoms with Gasteiger partial charge in [0.05, 0.1) is 34.2 Å². The van der Waals surface area contributed by atoms with E-state index in [1.807, 2.05) is 170 Å². The molecule has 0 bridgehead atoms. The van der Waals surface area contributed by atoms with E-state index < -0.39 is 0 Å². The van der Waals surface area contributed by atoms with Crippen LogP contribution in [0.2, 0.25) is 0 Å². The highest BCUT2D eigenvalue weighted by molar-refractivity contribution is 5.78. The Balaban J connectivity index is 1.09. The van der Waals surface area contributed by atoms with Crippen LogP contribution in [-0.4, -0.2) is 39.9 Å². The molecule has 5 heterocycles. The van der Waals surface area contributed by atoms with E-state index in [1.54, 1.807) is 0 Å². The van der Waals surface area contributed by atoms with Crippen molar-refractivity contribution in [3.8, 4) is 102 Å². The van der Waals surface area contributed by atoms with Crippen LogP contribution in [0.1, 0.15) is 0 Å². The summed E-state index contributed by atoms with van der Waals surface area (Å²) in [5.41, 5.74) is 11.6. The summed E-state index contributed by atoms with van der Waals surface area (Å²) >= 11 is 0. The molecule has 0 unspecified atom stereocenters. The van der Waals surface area contributed by atoms with Crippen LogP contribution in [0.25, 0.3) is 102 Å². The van der Waals surface area contributed by atoms with Crippen LogP contribution in [0.15, 0.2) is 206 Å². The second kappa shape index (κ2) is 16.2. The minimum atomic E-state index is 0.466. The molecule has 60 heavy (non-hydrogen) atoms. The molecule has 5 aromatic heterocycles. The topological polar surface area (TPSA) is 103 Å². The van der Waals surface area contributed by atoms with E-state index >= 15 is 0 Å². The lowest BCUT2D eigenvalue weighted by Crippen LogP contribution is -2.02. The third-order valence-electron chi connectivity index (χ3n) is 10.0. The molecule has 10 aromatic rings. The van der Waals surface area contributed by atoms with Crippen molar-refractivity contribution >= 4 is 0 Å². The van der Waals surface area contributed by atoms with Gasteiger partial charge in [-0.2, -0.15) is 0 Å². The largest absolute Gasteiger partial charge is 0.255 e. The van der Waals surface area contributed by atoms with Crippen molar-refractivity contribution in [1.29, 1.82) is 0 Å². The Labute approximate surface area is 347 Å². The molecule has 0 amide bonds. The van der Waals surface area contributed by atoms with Gasteiger partial charge in [-0.05, 0) is 53.6 Å². The molecular weight excluding hydrogens is 737 g/mol. The summed E-state index contributed by atoms with van der Waals surface area (Å²) in [6, 6.07) is 66.4. The molecule has 0 fully saturated rings. The first-order chi connectivity index (χ1) is 29.7. The average molecular weight is 771 g/mol. The lowest BCUT2D eigenvalue weighted by atomic mass is 10.0. The van der Waals surface area contributed by atoms with Crippen LogP contribution in [0.3, 0.4) is 0 Å². The monoisotopic (exact) mass is 770 g/mol. The van der Waals surface area contributed by atoms with Crippen molar-refractivity contribution in [2.45, 2.75) is 0 Å². The third-order valence-corrected chi connectivity index (χ3v) is 10.0. The zero-order valence-electron chi connectivity index (χ0n) is 32.2. The van der Waals surface area contributed by atoms with Crippen molar-refractivity contribution in [3.05, 3.63) is 206 Å². The number of nitrogens with zero attached hydrogens (tertiary/aromatic N) is 8. The fourth-order valence-corrected chi connectivity index (χ4v) is 7.01. The van der Waals surface area contributed by atoms with Crippen molar-refractivity contribution in [1.82, 2.24) is 39.9 Å². The van der Waals surface area contributed by atoms with Gasteiger partial charge in [-0.15, -0.1) is 0 Å². The highest BCUT2D eigenvalue weighted by atomic mass is 15.0. The Bertz CT molecular complexity index is 2770. The minimum absolute atomic E-state index is 0.466. The predicted molar refractivity (Wildman–Crippen MR) is 238 cm³/mol. The van der Waals surface area contributed by atoms with Crippen LogP contribution in [0, 0.1) is 0 Å². The van der Waals surface area contributed by atoms with Gasteiger partial charge in [0.2, 0.25) is 0 Å². The van der Waals surface area contributed by atoms with E-state index in [4.69, 9.17) is 39.9 Å². The fraction of sp³-hybridized carbons (Fsp3) is 0. The van der Waals surface area contributed by atoms with Gasteiger partial charge >= 0.3 is 0 Å². The molecule has 0 saturated heterocycles. The van der Waals surface area contributed by atoms with Gasteiger partial charge < -0.3 is 0 Å². The van der Waals surface area contributed by atoms with E-state index in [-0.39, 0.29) is 0 Å². The van der Waals surface area contributed by atoms with Gasteiger partial charge in [-0.1, -0.05) is 158 Å². The van der Waals surface area contributed by atoms with Crippen LogP contribution < -0.4 is 0 Å². The molecule has 0 spiro atoms. The van der Waals surface area contributed by atoms with Crippen LogP contribution in [0.5, 0.6) is 0 Å². The molecule has 0 aliphatic rings. The molecule has 8 heteroatoms. The van der Waals surface area contributed by atoms with Gasteiger partial charge in [0.25, 0.3) is 0 Å². The number of rotatable bonds is 9. The summed E-state index contributed by atoms with van der Waals surface area (Å²) in [6.45, 7) is 0. The van der Waals surface area contributed by atoms with Gasteiger partial charge in [0, 0.05) is 34.0 Å². The Morgan fingerprint density at radius 3 is 1.18 bits per heavy atom. The van der Waals surface area contributed by atoms with Gasteiger partial charge in [0.1, 0.15) is 5.69 Å².